The van der Waals surface area contributed by atoms with Gasteiger partial charge in [-0.1, -0.05) is 31.5 Å². The Morgan fingerprint density at radius 2 is 1.63 bits per heavy atom. The van der Waals surface area contributed by atoms with Crippen molar-refractivity contribution < 1.29 is 41.0 Å². The van der Waals surface area contributed by atoms with Crippen LogP contribution >= 0.6 is 11.6 Å². The minimum Gasteiger partial charge on any atom is -0.475 e. The molecule has 0 spiro atoms. The normalized spacial score (nSPS) is 11.9. The predicted molar refractivity (Wildman–Crippen MR) is 128 cm³/mol. The number of halogens is 7. The van der Waals surface area contributed by atoms with Gasteiger partial charge in [0.1, 0.15) is 0 Å². The summed E-state index contributed by atoms with van der Waals surface area (Å²) in [6, 6.07) is 7.94. The Hall–Kier alpha value is -3.52. The SMILES string of the molecule is CCN(CC)CCn1c(=O)n(-c2cccc(Cl)c2)c2c(C(F)(F)F)cc(C(N)=O)cc21.O=C(O)C(F)(F)F. The molecular weight excluding hydrogens is 546 g/mol. The number of primary amides is 1. The Balaban J connectivity index is 0.000000638. The molecule has 3 N–H and O–H groups in total. The van der Waals surface area contributed by atoms with E-state index >= 15 is 0 Å². The van der Waals surface area contributed by atoms with Crippen LogP contribution in [0.4, 0.5) is 26.3 Å². The van der Waals surface area contributed by atoms with Gasteiger partial charge < -0.3 is 15.7 Å². The van der Waals surface area contributed by atoms with Gasteiger partial charge in [-0.15, -0.1) is 0 Å². The summed E-state index contributed by atoms with van der Waals surface area (Å²) in [5.41, 5.74) is 3.03. The van der Waals surface area contributed by atoms with E-state index in [0.717, 1.165) is 17.7 Å². The van der Waals surface area contributed by atoms with Crippen molar-refractivity contribution in [2.75, 3.05) is 19.6 Å². The first-order chi connectivity index (χ1) is 17.5. The monoisotopic (exact) mass is 568 g/mol. The number of benzene rings is 2. The van der Waals surface area contributed by atoms with Crippen LogP contribution in [0.1, 0.15) is 29.8 Å². The van der Waals surface area contributed by atoms with Crippen LogP contribution in [-0.4, -0.2) is 56.8 Å². The number of aliphatic carboxylic acids is 1. The summed E-state index contributed by atoms with van der Waals surface area (Å²) in [7, 11) is 0. The standard InChI is InChI=1S/C21H22ClF3N4O2.C2HF3O2/c1-3-27(4-2)8-9-28-17-11-13(19(26)30)10-16(21(23,24)25)18(17)29(20(28)31)15-7-5-6-14(22)12-15;3-2(4,5)1(6)7/h5-7,10-12H,3-4,8-9H2,1-2H3,(H2,26,30);(H,6,7). The van der Waals surface area contributed by atoms with Crippen LogP contribution in [-0.2, 0) is 17.5 Å². The fraction of sp³-hybridized carbons (Fsp3) is 0.348. The maximum atomic E-state index is 14.0. The van der Waals surface area contributed by atoms with E-state index in [1.165, 1.54) is 22.8 Å². The van der Waals surface area contributed by atoms with E-state index < -0.39 is 35.5 Å². The van der Waals surface area contributed by atoms with Gasteiger partial charge in [0.25, 0.3) is 0 Å². The highest BCUT2D eigenvalue weighted by Crippen LogP contribution is 2.36. The van der Waals surface area contributed by atoms with Crippen molar-refractivity contribution in [2.45, 2.75) is 32.7 Å². The van der Waals surface area contributed by atoms with E-state index in [-0.39, 0.29) is 33.9 Å². The van der Waals surface area contributed by atoms with Crippen LogP contribution in [0.5, 0.6) is 0 Å². The zero-order valence-corrected chi connectivity index (χ0v) is 20.8. The molecule has 38 heavy (non-hydrogen) atoms. The number of nitrogens with zero attached hydrogens (tertiary/aromatic N) is 3. The van der Waals surface area contributed by atoms with Crippen molar-refractivity contribution >= 4 is 34.5 Å². The molecule has 0 atom stereocenters. The van der Waals surface area contributed by atoms with Gasteiger partial charge in [0, 0.05) is 23.7 Å². The minimum atomic E-state index is -5.08. The molecule has 1 aromatic heterocycles. The molecule has 1 heterocycles. The first-order valence-corrected chi connectivity index (χ1v) is 11.3. The summed E-state index contributed by atoms with van der Waals surface area (Å²) >= 11 is 6.03. The van der Waals surface area contributed by atoms with Crippen molar-refractivity contribution in [1.82, 2.24) is 14.0 Å². The van der Waals surface area contributed by atoms with Gasteiger partial charge in [-0.3, -0.25) is 13.9 Å². The number of hydrogen-bond acceptors (Lipinski definition) is 4. The van der Waals surface area contributed by atoms with E-state index in [0.29, 0.717) is 12.6 Å². The number of rotatable bonds is 7. The van der Waals surface area contributed by atoms with Gasteiger partial charge in [0.05, 0.1) is 22.3 Å². The van der Waals surface area contributed by atoms with Gasteiger partial charge in [-0.25, -0.2) is 9.59 Å². The van der Waals surface area contributed by atoms with E-state index in [2.05, 4.69) is 0 Å². The summed E-state index contributed by atoms with van der Waals surface area (Å²) in [6.07, 6.45) is -9.90. The summed E-state index contributed by atoms with van der Waals surface area (Å²) in [4.78, 5) is 36.0. The number of likely N-dealkylation sites (N-methyl/N-ethyl adjacent to an activating group) is 1. The second-order valence-corrected chi connectivity index (χ2v) is 8.27. The number of nitrogens with two attached hydrogens (primary N) is 1. The quantitative estimate of drug-likeness (QED) is 0.407. The van der Waals surface area contributed by atoms with Gasteiger partial charge in [-0.2, -0.15) is 26.3 Å². The molecule has 2 aromatic carbocycles. The zero-order valence-electron chi connectivity index (χ0n) is 20.0. The Kier molecular flexibility index (Phi) is 9.61. The molecule has 0 bridgehead atoms. The molecule has 8 nitrogen and oxygen atoms in total. The van der Waals surface area contributed by atoms with Crippen LogP contribution in [0.2, 0.25) is 5.02 Å². The Labute approximate surface area is 216 Å². The lowest BCUT2D eigenvalue weighted by atomic mass is 10.1. The first kappa shape index (κ1) is 30.7. The lowest BCUT2D eigenvalue weighted by Gasteiger charge is -2.18. The molecular formula is C23H23ClF6N4O4. The molecule has 0 fully saturated rings. The smallest absolute Gasteiger partial charge is 0.475 e. The highest BCUT2D eigenvalue weighted by atomic mass is 35.5. The third-order valence-electron chi connectivity index (χ3n) is 5.46. The number of amides is 1. The van der Waals surface area contributed by atoms with E-state index in [4.69, 9.17) is 27.2 Å². The van der Waals surface area contributed by atoms with Gasteiger partial charge in [-0.05, 0) is 43.4 Å². The molecule has 0 unspecified atom stereocenters. The number of aromatic nitrogens is 2. The Bertz CT molecular complexity index is 1380. The largest absolute Gasteiger partial charge is 0.490 e. The van der Waals surface area contributed by atoms with Gasteiger partial charge in [0.2, 0.25) is 5.91 Å². The van der Waals surface area contributed by atoms with Crippen molar-refractivity contribution in [1.29, 1.82) is 0 Å². The maximum Gasteiger partial charge on any atom is 0.490 e. The number of carbonyl (C=O) groups is 2. The number of carbonyl (C=O) groups excluding carboxylic acids is 1. The van der Waals surface area contributed by atoms with E-state index in [1.54, 1.807) is 12.1 Å². The average Bonchev–Trinajstić information content (AvgIpc) is 3.09. The second kappa shape index (κ2) is 11.9. The van der Waals surface area contributed by atoms with Gasteiger partial charge >= 0.3 is 24.0 Å². The molecule has 0 radical (unpaired) electrons. The number of alkyl halides is 6. The average molecular weight is 569 g/mol. The van der Waals surface area contributed by atoms with Crippen LogP contribution < -0.4 is 11.4 Å². The molecule has 0 saturated heterocycles. The molecule has 3 rings (SSSR count). The van der Waals surface area contributed by atoms with Crippen molar-refractivity contribution in [3.05, 3.63) is 63.0 Å². The minimum absolute atomic E-state index is 0.0132. The topological polar surface area (TPSA) is 111 Å². The third kappa shape index (κ3) is 7.07. The lowest BCUT2D eigenvalue weighted by molar-refractivity contribution is -0.192. The molecule has 15 heteroatoms. The number of fused-ring (bicyclic) bond motifs is 1. The number of carboxylic acids is 1. The number of imidazole rings is 1. The molecule has 208 valence electrons. The summed E-state index contributed by atoms with van der Waals surface area (Å²) in [5.74, 6) is -3.77. The van der Waals surface area contributed by atoms with Crippen LogP contribution in [0.15, 0.2) is 41.2 Å². The van der Waals surface area contributed by atoms with Crippen LogP contribution in [0.25, 0.3) is 16.7 Å². The van der Waals surface area contributed by atoms with Crippen LogP contribution in [0, 0.1) is 0 Å². The Morgan fingerprint density at radius 3 is 2.08 bits per heavy atom. The fourth-order valence-corrected chi connectivity index (χ4v) is 3.77. The first-order valence-electron chi connectivity index (χ1n) is 11.0. The summed E-state index contributed by atoms with van der Waals surface area (Å²) in [5, 5.41) is 7.40. The second-order valence-electron chi connectivity index (χ2n) is 7.83. The molecule has 0 aliphatic heterocycles. The van der Waals surface area contributed by atoms with Crippen molar-refractivity contribution in [2.24, 2.45) is 5.73 Å². The van der Waals surface area contributed by atoms with E-state index in [1.807, 2.05) is 18.7 Å². The highest BCUT2D eigenvalue weighted by molar-refractivity contribution is 6.30. The predicted octanol–water partition coefficient (Wildman–Crippen LogP) is 4.54. The maximum absolute atomic E-state index is 14.0. The lowest BCUT2D eigenvalue weighted by Crippen LogP contribution is -2.31. The summed E-state index contributed by atoms with van der Waals surface area (Å²) < 4.78 is 75.9. The molecule has 0 aliphatic carbocycles. The van der Waals surface area contributed by atoms with Gasteiger partial charge in [0.15, 0.2) is 0 Å². The zero-order chi connectivity index (χ0) is 29.0. The van der Waals surface area contributed by atoms with Crippen molar-refractivity contribution in [3.8, 4) is 5.69 Å². The summed E-state index contributed by atoms with van der Waals surface area (Å²) in [6.45, 7) is 5.94. The molecule has 1 amide bonds. The van der Waals surface area contributed by atoms with E-state index in [9.17, 15) is 35.9 Å². The van der Waals surface area contributed by atoms with Crippen molar-refractivity contribution in [3.63, 3.8) is 0 Å². The molecule has 3 aromatic rings. The number of carboxylic acid groups (broad SMARTS) is 1. The third-order valence-corrected chi connectivity index (χ3v) is 5.69. The fourth-order valence-electron chi connectivity index (χ4n) is 3.59. The highest BCUT2D eigenvalue weighted by Gasteiger charge is 2.38. The molecule has 0 saturated carbocycles. The molecule has 0 aliphatic rings. The Morgan fingerprint density at radius 1 is 1.05 bits per heavy atom. The van der Waals surface area contributed by atoms with Crippen LogP contribution in [0.3, 0.4) is 0 Å². The number of hydrogen-bond donors (Lipinski definition) is 2.